The highest BCUT2D eigenvalue weighted by Gasteiger charge is 2.39. The first-order chi connectivity index (χ1) is 20.5. The monoisotopic (exact) mass is 620 g/mol. The smallest absolute Gasteiger partial charge is 0.247 e. The van der Waals surface area contributed by atoms with Crippen LogP contribution in [0.15, 0.2) is 0 Å². The van der Waals surface area contributed by atoms with Crippen LogP contribution in [0.5, 0.6) is 0 Å². The van der Waals surface area contributed by atoms with Crippen molar-refractivity contribution in [1.29, 1.82) is 0 Å². The molecule has 0 aromatic rings. The quantitative estimate of drug-likeness (QED) is 0.164. The van der Waals surface area contributed by atoms with E-state index in [1.165, 1.54) is 33.0 Å². The second kappa shape index (κ2) is 16.2. The van der Waals surface area contributed by atoms with E-state index in [9.17, 15) is 24.0 Å². The number of nitrogens with zero attached hydrogens (tertiary/aromatic N) is 2. The lowest BCUT2D eigenvalue weighted by Gasteiger charge is -2.34. The third kappa shape index (κ3) is 11.1. The summed E-state index contributed by atoms with van der Waals surface area (Å²) in [5.74, 6) is -0.294. The Morgan fingerprint density at radius 1 is 0.886 bits per heavy atom. The third-order valence-corrected chi connectivity index (χ3v) is 8.38. The zero-order valence-corrected chi connectivity index (χ0v) is 28.5. The van der Waals surface area contributed by atoms with Crippen molar-refractivity contribution in [3.63, 3.8) is 0 Å². The Bertz CT molecular complexity index is 1090. The van der Waals surface area contributed by atoms with Crippen molar-refractivity contribution in [3.8, 4) is 0 Å². The minimum Gasteiger partial charge on any atom is -0.347 e. The van der Waals surface area contributed by atoms with Crippen LogP contribution in [-0.2, 0) is 24.0 Å². The zero-order valence-electron chi connectivity index (χ0n) is 28.5. The van der Waals surface area contributed by atoms with Gasteiger partial charge in [-0.15, -0.1) is 0 Å². The van der Waals surface area contributed by atoms with E-state index in [-0.39, 0.29) is 30.3 Å². The number of rotatable bonds is 16. The predicted molar refractivity (Wildman–Crippen MR) is 171 cm³/mol. The lowest BCUT2D eigenvalue weighted by molar-refractivity contribution is -0.530. The molecule has 12 nitrogen and oxygen atoms in total. The van der Waals surface area contributed by atoms with Crippen LogP contribution < -0.4 is 26.6 Å². The molecule has 0 spiro atoms. The van der Waals surface area contributed by atoms with Crippen molar-refractivity contribution in [3.05, 3.63) is 0 Å². The van der Waals surface area contributed by atoms with Crippen LogP contribution in [0, 0.1) is 11.8 Å². The molecule has 2 aliphatic heterocycles. The van der Waals surface area contributed by atoms with E-state index < -0.39 is 34.8 Å². The maximum Gasteiger partial charge on any atom is 0.247 e. The Hall–Kier alpha value is -3.18. The van der Waals surface area contributed by atoms with Crippen LogP contribution in [0.1, 0.15) is 101 Å². The van der Waals surface area contributed by atoms with E-state index in [0.29, 0.717) is 18.8 Å². The Morgan fingerprint density at radius 3 is 2.11 bits per heavy atom. The summed E-state index contributed by atoms with van der Waals surface area (Å²) in [6.45, 7) is 19.7. The maximum absolute atomic E-state index is 13.8. The van der Waals surface area contributed by atoms with Gasteiger partial charge in [-0.2, -0.15) is 0 Å². The number of carbonyl (C=O) groups is 5. The van der Waals surface area contributed by atoms with Crippen molar-refractivity contribution in [1.82, 2.24) is 31.5 Å². The molecule has 0 saturated heterocycles. The van der Waals surface area contributed by atoms with Gasteiger partial charge >= 0.3 is 0 Å². The van der Waals surface area contributed by atoms with E-state index in [2.05, 4.69) is 49.9 Å². The minimum absolute atomic E-state index is 0.0742. The molecule has 2 rings (SSSR count). The van der Waals surface area contributed by atoms with E-state index in [4.69, 9.17) is 0 Å². The Labute approximate surface area is 263 Å². The number of hydrogen-bond donors (Lipinski definition) is 5. The van der Waals surface area contributed by atoms with Crippen LogP contribution >= 0.6 is 0 Å². The van der Waals surface area contributed by atoms with Gasteiger partial charge < -0.3 is 26.6 Å². The summed E-state index contributed by atoms with van der Waals surface area (Å²) in [4.78, 5) is 66.5. The molecule has 12 heteroatoms. The maximum atomic E-state index is 13.8. The molecule has 0 aromatic carbocycles. The molecule has 0 bridgehead atoms. The van der Waals surface area contributed by atoms with E-state index in [1.807, 2.05) is 20.8 Å². The van der Waals surface area contributed by atoms with Crippen molar-refractivity contribution in [2.45, 2.75) is 124 Å². The van der Waals surface area contributed by atoms with Crippen molar-refractivity contribution in [2.24, 2.45) is 11.8 Å². The summed E-state index contributed by atoms with van der Waals surface area (Å²) in [6, 6.07) is -0.971. The van der Waals surface area contributed by atoms with Crippen LogP contribution in [0.4, 0.5) is 0 Å². The number of hydrogen-bond acceptors (Lipinski definition) is 6. The van der Waals surface area contributed by atoms with E-state index >= 15 is 0 Å². The fourth-order valence-corrected chi connectivity index (χ4v) is 5.94. The van der Waals surface area contributed by atoms with Crippen LogP contribution in [0.25, 0.3) is 0 Å². The summed E-state index contributed by atoms with van der Waals surface area (Å²) in [6.07, 6.45) is 4.89. The highest BCUT2D eigenvalue weighted by atomic mass is 16.2. The second-order valence-corrected chi connectivity index (χ2v) is 14.0. The second-order valence-electron chi connectivity index (χ2n) is 14.0. The summed E-state index contributed by atoms with van der Waals surface area (Å²) in [7, 11) is 0. The van der Waals surface area contributed by atoms with Gasteiger partial charge in [-0.1, -0.05) is 34.6 Å². The highest BCUT2D eigenvalue weighted by Crippen LogP contribution is 2.18. The topological polar surface area (TPSA) is 152 Å². The molecular formula is C32H58N7O5+. The molecule has 0 aliphatic carbocycles. The van der Waals surface area contributed by atoms with Gasteiger partial charge in [0.25, 0.3) is 0 Å². The molecule has 250 valence electrons. The molecule has 44 heavy (non-hydrogen) atoms. The molecule has 0 saturated carbocycles. The summed E-state index contributed by atoms with van der Waals surface area (Å²) in [5, 5.41) is 14.0. The molecule has 2 heterocycles. The average molecular weight is 621 g/mol. The standard InChI is InChI=1S/C32H57N7O5/c1-10-32(9,30(44)34-24(17-21(2)3)20-39-16-12-15-38-14-11-13-27(38)39)37-28(42)25(18-22(4)5)35-26(41)19-33-29(43)31(7,8)36-23(6)40/h21-22,24-25H,10-20H2,1-9H3,(H4-,33,34,35,36,37,40,41,42,43,44)/p+1/t24-,25-,32-/m0/s1. The largest absolute Gasteiger partial charge is 0.347 e. The predicted octanol–water partition coefficient (Wildman–Crippen LogP) is 1.27. The van der Waals surface area contributed by atoms with Gasteiger partial charge in [0, 0.05) is 13.3 Å². The molecule has 0 aromatic heterocycles. The first kappa shape index (κ1) is 37.0. The lowest BCUT2D eigenvalue weighted by atomic mass is 9.94. The van der Waals surface area contributed by atoms with Crippen LogP contribution in [0.3, 0.4) is 0 Å². The van der Waals surface area contributed by atoms with Crippen LogP contribution in [0.2, 0.25) is 0 Å². The van der Waals surface area contributed by atoms with Crippen molar-refractivity contribution < 1.29 is 28.5 Å². The molecule has 0 fully saturated rings. The average Bonchev–Trinajstić information content (AvgIpc) is 3.40. The van der Waals surface area contributed by atoms with Gasteiger partial charge in [-0.25, -0.2) is 0 Å². The molecule has 3 atom stereocenters. The molecule has 5 amide bonds. The van der Waals surface area contributed by atoms with Gasteiger partial charge in [0.2, 0.25) is 35.4 Å². The highest BCUT2D eigenvalue weighted by molar-refractivity contribution is 5.96. The minimum atomic E-state index is -1.20. The van der Waals surface area contributed by atoms with Crippen molar-refractivity contribution >= 4 is 35.4 Å². The van der Waals surface area contributed by atoms with Gasteiger partial charge in [0.15, 0.2) is 0 Å². The van der Waals surface area contributed by atoms with E-state index in [0.717, 1.165) is 45.4 Å². The van der Waals surface area contributed by atoms with Gasteiger partial charge in [-0.05, 0) is 58.3 Å². The number of carbonyl (C=O) groups excluding carboxylic acids is 5. The van der Waals surface area contributed by atoms with Gasteiger partial charge in [-0.3, -0.25) is 33.4 Å². The first-order valence-corrected chi connectivity index (χ1v) is 16.3. The number of amides is 5. The van der Waals surface area contributed by atoms with Crippen molar-refractivity contribution in [2.75, 3.05) is 32.7 Å². The SMILES string of the molecule is CC[C@](C)(NC(=O)[C@H](CC(C)C)NC(=O)CNC(=O)C(C)(C)NC(C)=O)C(=O)N[C@@H](CC(C)C)CN1CCC[N+]2=C1CCC2. The zero-order chi connectivity index (χ0) is 33.2. The van der Waals surface area contributed by atoms with E-state index in [1.54, 1.807) is 6.92 Å². The lowest BCUT2D eigenvalue weighted by Crippen LogP contribution is -2.63. The first-order valence-electron chi connectivity index (χ1n) is 16.3. The molecular weight excluding hydrogens is 562 g/mol. The molecule has 0 unspecified atom stereocenters. The molecule has 2 aliphatic rings. The summed E-state index contributed by atoms with van der Waals surface area (Å²) < 4.78 is 2.46. The van der Waals surface area contributed by atoms with Gasteiger partial charge in [0.1, 0.15) is 23.7 Å². The Morgan fingerprint density at radius 2 is 1.52 bits per heavy atom. The van der Waals surface area contributed by atoms with Crippen LogP contribution in [-0.4, -0.2) is 101 Å². The Kier molecular flexibility index (Phi) is 13.6. The number of amidine groups is 1. The summed E-state index contributed by atoms with van der Waals surface area (Å²) >= 11 is 0. The Balaban J connectivity index is 2.08. The summed E-state index contributed by atoms with van der Waals surface area (Å²) in [5.41, 5.74) is -2.38. The normalized spacial score (nSPS) is 17.8. The molecule has 5 N–H and O–H groups in total. The fraction of sp³-hybridized carbons (Fsp3) is 0.812. The fourth-order valence-electron chi connectivity index (χ4n) is 5.94. The third-order valence-electron chi connectivity index (χ3n) is 8.38. The molecule has 0 radical (unpaired) electrons. The van der Waals surface area contributed by atoms with Gasteiger partial charge in [0.05, 0.1) is 38.6 Å². The number of nitrogens with one attached hydrogen (secondary N) is 5.